The Kier molecular flexibility index (Phi) is 3.40. The fourth-order valence-corrected chi connectivity index (χ4v) is 3.72. The monoisotopic (exact) mass is 273 g/mol. The lowest BCUT2D eigenvalue weighted by Gasteiger charge is -2.17. The van der Waals surface area contributed by atoms with Crippen molar-refractivity contribution in [2.45, 2.75) is 30.3 Å². The van der Waals surface area contributed by atoms with Crippen molar-refractivity contribution < 1.29 is 18.3 Å². The Morgan fingerprint density at radius 3 is 2.83 bits per heavy atom. The van der Waals surface area contributed by atoms with Crippen molar-refractivity contribution >= 4 is 16.0 Å². The molecule has 2 rings (SSSR count). The molecule has 1 aliphatic carbocycles. The van der Waals surface area contributed by atoms with E-state index >= 15 is 0 Å². The average Bonchev–Trinajstić information content (AvgIpc) is 2.86. The molecule has 0 saturated heterocycles. The first-order chi connectivity index (χ1) is 8.42. The van der Waals surface area contributed by atoms with Gasteiger partial charge in [-0.2, -0.15) is 5.10 Å². The van der Waals surface area contributed by atoms with Crippen molar-refractivity contribution in [3.05, 3.63) is 12.3 Å². The molecule has 1 saturated carbocycles. The number of aliphatic carboxylic acids is 1. The molecule has 1 heterocycles. The van der Waals surface area contributed by atoms with Crippen LogP contribution < -0.4 is 4.72 Å². The Bertz CT molecular complexity index is 551. The standard InChI is InChI=1S/C10H15N3O4S/c1-13-9(5-6-11-13)18(16,17)12-8-4-2-3-7(8)10(14)15/h5-8,12H,2-4H2,1H3,(H,14,15). The zero-order valence-corrected chi connectivity index (χ0v) is 10.7. The second kappa shape index (κ2) is 4.69. The summed E-state index contributed by atoms with van der Waals surface area (Å²) in [5.41, 5.74) is 0. The van der Waals surface area contributed by atoms with Gasteiger partial charge in [0.25, 0.3) is 10.0 Å². The summed E-state index contributed by atoms with van der Waals surface area (Å²) in [5.74, 6) is -1.60. The predicted octanol–water partition coefficient (Wildman–Crippen LogP) is -0.0483. The van der Waals surface area contributed by atoms with Crippen LogP contribution in [0.3, 0.4) is 0 Å². The quantitative estimate of drug-likeness (QED) is 0.801. The summed E-state index contributed by atoms with van der Waals surface area (Å²) in [5, 5.41) is 12.8. The number of carbonyl (C=O) groups is 1. The number of carboxylic acid groups (broad SMARTS) is 1. The summed E-state index contributed by atoms with van der Waals surface area (Å²) < 4.78 is 27.9. The van der Waals surface area contributed by atoms with E-state index in [9.17, 15) is 13.2 Å². The third-order valence-corrected chi connectivity index (χ3v) is 4.75. The maximum Gasteiger partial charge on any atom is 0.308 e. The van der Waals surface area contributed by atoms with Crippen molar-refractivity contribution in [2.75, 3.05) is 0 Å². The Morgan fingerprint density at radius 1 is 1.56 bits per heavy atom. The smallest absolute Gasteiger partial charge is 0.308 e. The van der Waals surface area contributed by atoms with E-state index in [1.165, 1.54) is 24.0 Å². The molecule has 18 heavy (non-hydrogen) atoms. The van der Waals surface area contributed by atoms with E-state index in [0.717, 1.165) is 6.42 Å². The van der Waals surface area contributed by atoms with E-state index in [-0.39, 0.29) is 5.03 Å². The molecule has 1 aliphatic rings. The molecule has 1 aromatic rings. The molecular weight excluding hydrogens is 258 g/mol. The lowest BCUT2D eigenvalue weighted by atomic mass is 10.1. The number of nitrogens with one attached hydrogen (secondary N) is 1. The minimum atomic E-state index is -3.71. The average molecular weight is 273 g/mol. The van der Waals surface area contributed by atoms with Gasteiger partial charge in [0.15, 0.2) is 5.03 Å². The second-order valence-electron chi connectivity index (χ2n) is 4.40. The van der Waals surface area contributed by atoms with E-state index in [1.54, 1.807) is 0 Å². The van der Waals surface area contributed by atoms with Crippen molar-refractivity contribution in [3.8, 4) is 0 Å². The second-order valence-corrected chi connectivity index (χ2v) is 6.06. The lowest BCUT2D eigenvalue weighted by molar-refractivity contribution is -0.141. The summed E-state index contributed by atoms with van der Waals surface area (Å²) in [4.78, 5) is 11.0. The van der Waals surface area contributed by atoms with Gasteiger partial charge in [0.2, 0.25) is 0 Å². The molecule has 8 heteroatoms. The Morgan fingerprint density at radius 2 is 2.28 bits per heavy atom. The molecule has 0 radical (unpaired) electrons. The fraction of sp³-hybridized carbons (Fsp3) is 0.600. The third-order valence-electron chi connectivity index (χ3n) is 3.19. The normalized spacial score (nSPS) is 24.3. The molecule has 0 amide bonds. The number of aryl methyl sites for hydroxylation is 1. The Hall–Kier alpha value is -1.41. The first-order valence-corrected chi connectivity index (χ1v) is 7.13. The molecular formula is C10H15N3O4S. The molecule has 7 nitrogen and oxygen atoms in total. The molecule has 2 unspecified atom stereocenters. The van der Waals surface area contributed by atoms with Crippen LogP contribution in [0.15, 0.2) is 17.3 Å². The topological polar surface area (TPSA) is 101 Å². The van der Waals surface area contributed by atoms with Gasteiger partial charge in [-0.1, -0.05) is 6.42 Å². The van der Waals surface area contributed by atoms with Crippen LogP contribution in [0.5, 0.6) is 0 Å². The van der Waals surface area contributed by atoms with Crippen LogP contribution >= 0.6 is 0 Å². The number of carboxylic acids is 1. The summed E-state index contributed by atoms with van der Waals surface area (Å²) in [6.45, 7) is 0. The van der Waals surface area contributed by atoms with Crippen LogP contribution in [-0.4, -0.2) is 35.3 Å². The highest BCUT2D eigenvalue weighted by atomic mass is 32.2. The highest BCUT2D eigenvalue weighted by Crippen LogP contribution is 2.27. The Labute approximate surface area is 105 Å². The predicted molar refractivity (Wildman–Crippen MR) is 62.3 cm³/mol. The van der Waals surface area contributed by atoms with Crippen LogP contribution in [0, 0.1) is 5.92 Å². The molecule has 2 N–H and O–H groups in total. The summed E-state index contributed by atoms with van der Waals surface area (Å²) >= 11 is 0. The van der Waals surface area contributed by atoms with Gasteiger partial charge in [0.1, 0.15) is 0 Å². The van der Waals surface area contributed by atoms with Crippen molar-refractivity contribution in [1.82, 2.24) is 14.5 Å². The van der Waals surface area contributed by atoms with Crippen LogP contribution in [0.4, 0.5) is 0 Å². The van der Waals surface area contributed by atoms with Gasteiger partial charge in [-0.15, -0.1) is 0 Å². The lowest BCUT2D eigenvalue weighted by Crippen LogP contribution is -2.40. The van der Waals surface area contributed by atoms with Crippen molar-refractivity contribution in [2.24, 2.45) is 13.0 Å². The molecule has 0 aromatic carbocycles. The number of hydrogen-bond donors (Lipinski definition) is 2. The number of aromatic nitrogens is 2. The number of hydrogen-bond acceptors (Lipinski definition) is 4. The Balaban J connectivity index is 2.19. The maximum atomic E-state index is 12.1. The highest BCUT2D eigenvalue weighted by Gasteiger charge is 2.36. The summed E-state index contributed by atoms with van der Waals surface area (Å²) in [6.07, 6.45) is 3.16. The SMILES string of the molecule is Cn1nccc1S(=O)(=O)NC1CCCC1C(=O)O. The van der Waals surface area contributed by atoms with Gasteiger partial charge in [0.05, 0.1) is 12.1 Å². The van der Waals surface area contributed by atoms with Gasteiger partial charge >= 0.3 is 5.97 Å². The number of sulfonamides is 1. The van der Waals surface area contributed by atoms with Gasteiger partial charge in [-0.25, -0.2) is 13.1 Å². The van der Waals surface area contributed by atoms with Gasteiger partial charge in [-0.05, 0) is 18.9 Å². The van der Waals surface area contributed by atoms with E-state index in [4.69, 9.17) is 5.11 Å². The molecule has 1 fully saturated rings. The molecule has 0 spiro atoms. The minimum absolute atomic E-state index is 0.0403. The number of nitrogens with zero attached hydrogens (tertiary/aromatic N) is 2. The summed E-state index contributed by atoms with van der Waals surface area (Å²) in [6, 6.07) is 0.843. The first kappa shape index (κ1) is 13.0. The van der Waals surface area contributed by atoms with Gasteiger partial charge < -0.3 is 5.11 Å². The minimum Gasteiger partial charge on any atom is -0.481 e. The van der Waals surface area contributed by atoms with Gasteiger partial charge in [-0.3, -0.25) is 9.48 Å². The molecule has 0 bridgehead atoms. The molecule has 100 valence electrons. The van der Waals surface area contributed by atoms with Crippen molar-refractivity contribution in [3.63, 3.8) is 0 Å². The van der Waals surface area contributed by atoms with E-state index in [2.05, 4.69) is 9.82 Å². The maximum absolute atomic E-state index is 12.1. The highest BCUT2D eigenvalue weighted by molar-refractivity contribution is 7.89. The fourth-order valence-electron chi connectivity index (χ4n) is 2.28. The van der Waals surface area contributed by atoms with Crippen LogP contribution in [0.2, 0.25) is 0 Å². The van der Waals surface area contributed by atoms with E-state index in [0.29, 0.717) is 12.8 Å². The zero-order chi connectivity index (χ0) is 13.3. The molecule has 0 aliphatic heterocycles. The van der Waals surface area contributed by atoms with Gasteiger partial charge in [0, 0.05) is 13.1 Å². The molecule has 1 aromatic heterocycles. The van der Waals surface area contributed by atoms with E-state index < -0.39 is 28.0 Å². The zero-order valence-electron chi connectivity index (χ0n) is 9.91. The van der Waals surface area contributed by atoms with Crippen LogP contribution in [0.1, 0.15) is 19.3 Å². The third kappa shape index (κ3) is 2.39. The largest absolute Gasteiger partial charge is 0.481 e. The van der Waals surface area contributed by atoms with Crippen LogP contribution in [0.25, 0.3) is 0 Å². The van der Waals surface area contributed by atoms with Crippen molar-refractivity contribution in [1.29, 1.82) is 0 Å². The van der Waals surface area contributed by atoms with E-state index in [1.807, 2.05) is 0 Å². The van der Waals surface area contributed by atoms with Crippen LogP contribution in [-0.2, 0) is 21.9 Å². The first-order valence-electron chi connectivity index (χ1n) is 5.65. The molecule has 2 atom stereocenters. The summed E-state index contributed by atoms with van der Waals surface area (Å²) in [7, 11) is -2.18. The number of rotatable bonds is 4.